The van der Waals surface area contributed by atoms with Gasteiger partial charge in [0.05, 0.1) is 47.7 Å². The first kappa shape index (κ1) is 33.0. The number of rotatable bonds is 13. The zero-order valence-electron chi connectivity index (χ0n) is 26.7. The highest BCUT2D eigenvalue weighted by Gasteiger charge is 2.33. The Labute approximate surface area is 259 Å². The highest BCUT2D eigenvalue weighted by molar-refractivity contribution is 5.75. The number of hydroxylamine groups is 2. The van der Waals surface area contributed by atoms with Gasteiger partial charge in [0.15, 0.2) is 11.5 Å². The van der Waals surface area contributed by atoms with Crippen LogP contribution in [0.2, 0.25) is 0 Å². The summed E-state index contributed by atoms with van der Waals surface area (Å²) < 4.78 is 34.3. The molecule has 0 spiro atoms. The maximum Gasteiger partial charge on any atom is 0.317 e. The topological polar surface area (TPSA) is 120 Å². The zero-order chi connectivity index (χ0) is 31.8. The molecule has 4 rings (SSSR count). The van der Waals surface area contributed by atoms with Crippen LogP contribution in [0, 0.1) is 0 Å². The summed E-state index contributed by atoms with van der Waals surface area (Å²) in [7, 11) is 11.3. The standard InChI is InChI=1S/C32H45N3O9/c1-34(2)32(37)33-21-11-13-35(14-12-21)43-15-9-8-10-23-29(36)28-24(39-4)18-22(38-3)19-25(28)44-30(23)20-16-26(40-5)31(42-7)27(17-20)41-6/h16-19,21,29,36H,8-15H2,1-7H3,(H,33,37). The highest BCUT2D eigenvalue weighted by atomic mass is 16.7. The summed E-state index contributed by atoms with van der Waals surface area (Å²) in [4.78, 5) is 19.5. The minimum absolute atomic E-state index is 0.0715. The van der Waals surface area contributed by atoms with Gasteiger partial charge in [-0.3, -0.25) is 4.84 Å². The van der Waals surface area contributed by atoms with Crippen molar-refractivity contribution in [2.45, 2.75) is 44.2 Å². The van der Waals surface area contributed by atoms with Gasteiger partial charge in [0.25, 0.3) is 0 Å². The third kappa shape index (κ3) is 7.43. The van der Waals surface area contributed by atoms with Gasteiger partial charge in [0, 0.05) is 56.5 Å². The van der Waals surface area contributed by atoms with E-state index in [4.69, 9.17) is 33.3 Å². The number of carbonyl (C=O) groups excluding carboxylic acids is 1. The molecule has 2 amide bonds. The molecule has 0 saturated carbocycles. The van der Waals surface area contributed by atoms with E-state index >= 15 is 0 Å². The fraction of sp³-hybridized carbons (Fsp3) is 0.531. The number of hydrogen-bond acceptors (Lipinski definition) is 10. The number of amides is 2. The summed E-state index contributed by atoms with van der Waals surface area (Å²) in [5.74, 6) is 3.36. The number of piperidine rings is 1. The van der Waals surface area contributed by atoms with Gasteiger partial charge in [0.2, 0.25) is 5.75 Å². The molecule has 0 radical (unpaired) electrons. The normalized spacial score (nSPS) is 17.0. The molecule has 2 aromatic rings. The zero-order valence-corrected chi connectivity index (χ0v) is 26.7. The lowest BCUT2D eigenvalue weighted by molar-refractivity contribution is -0.171. The van der Waals surface area contributed by atoms with Gasteiger partial charge in [-0.05, 0) is 44.2 Å². The molecule has 2 aromatic carbocycles. The highest BCUT2D eigenvalue weighted by Crippen LogP contribution is 2.50. The summed E-state index contributed by atoms with van der Waals surface area (Å²) >= 11 is 0. The van der Waals surface area contributed by atoms with Crippen LogP contribution in [0.4, 0.5) is 4.79 Å². The number of unbranched alkanes of at least 4 members (excludes halogenated alkanes) is 1. The van der Waals surface area contributed by atoms with Crippen LogP contribution in [0.5, 0.6) is 34.5 Å². The van der Waals surface area contributed by atoms with Gasteiger partial charge in [-0.15, -0.1) is 0 Å². The largest absolute Gasteiger partial charge is 0.496 e. The van der Waals surface area contributed by atoms with E-state index in [1.54, 1.807) is 78.8 Å². The van der Waals surface area contributed by atoms with Gasteiger partial charge in [-0.2, -0.15) is 5.06 Å². The molecule has 1 unspecified atom stereocenters. The van der Waals surface area contributed by atoms with Crippen molar-refractivity contribution in [2.24, 2.45) is 0 Å². The second-order valence-corrected chi connectivity index (χ2v) is 10.9. The maximum atomic E-state index is 11.9. The van der Waals surface area contributed by atoms with Crippen molar-refractivity contribution in [3.05, 3.63) is 41.0 Å². The molecule has 2 aliphatic heterocycles. The molecule has 0 aromatic heterocycles. The van der Waals surface area contributed by atoms with Crippen molar-refractivity contribution in [3.8, 4) is 34.5 Å². The Morgan fingerprint density at radius 3 is 2.16 bits per heavy atom. The third-order valence-corrected chi connectivity index (χ3v) is 7.87. The molecule has 12 nitrogen and oxygen atoms in total. The van der Waals surface area contributed by atoms with Gasteiger partial charge in [-0.25, -0.2) is 4.79 Å². The van der Waals surface area contributed by atoms with Crippen LogP contribution < -0.4 is 33.7 Å². The van der Waals surface area contributed by atoms with E-state index in [1.165, 1.54) is 0 Å². The first-order valence-electron chi connectivity index (χ1n) is 14.7. The molecular weight excluding hydrogens is 570 g/mol. The molecule has 242 valence electrons. The first-order chi connectivity index (χ1) is 21.2. The molecule has 2 heterocycles. The quantitative estimate of drug-likeness (QED) is 0.314. The number of ether oxygens (including phenoxy) is 6. The number of carbonyl (C=O) groups is 1. The Hall–Kier alpha value is -3.87. The number of hydrogen-bond donors (Lipinski definition) is 2. The van der Waals surface area contributed by atoms with Crippen LogP contribution in [0.15, 0.2) is 29.8 Å². The number of benzene rings is 2. The summed E-state index contributed by atoms with van der Waals surface area (Å²) in [6.45, 7) is 2.04. The lowest BCUT2D eigenvalue weighted by Gasteiger charge is -2.32. The number of methoxy groups -OCH3 is 5. The van der Waals surface area contributed by atoms with Crippen molar-refractivity contribution in [1.82, 2.24) is 15.3 Å². The monoisotopic (exact) mass is 615 g/mol. The summed E-state index contributed by atoms with van der Waals surface area (Å²) in [6.07, 6.45) is 2.74. The van der Waals surface area contributed by atoms with Crippen LogP contribution in [0.3, 0.4) is 0 Å². The fourth-order valence-corrected chi connectivity index (χ4v) is 5.44. The van der Waals surface area contributed by atoms with E-state index in [9.17, 15) is 9.90 Å². The molecule has 2 N–H and O–H groups in total. The number of aliphatic hydroxyl groups is 1. The van der Waals surface area contributed by atoms with Gasteiger partial charge >= 0.3 is 6.03 Å². The van der Waals surface area contributed by atoms with Gasteiger partial charge < -0.3 is 43.7 Å². The number of nitrogens with one attached hydrogen (secondary N) is 1. The predicted molar refractivity (Wildman–Crippen MR) is 165 cm³/mol. The lowest BCUT2D eigenvalue weighted by Crippen LogP contribution is -2.47. The van der Waals surface area contributed by atoms with Gasteiger partial charge in [0.1, 0.15) is 29.1 Å². The molecule has 12 heteroatoms. The van der Waals surface area contributed by atoms with E-state index in [-0.39, 0.29) is 12.1 Å². The molecule has 0 bridgehead atoms. The number of urea groups is 1. The van der Waals surface area contributed by atoms with Crippen LogP contribution in [-0.2, 0) is 4.84 Å². The maximum absolute atomic E-state index is 11.9. The van der Waals surface area contributed by atoms with Crippen molar-refractivity contribution >= 4 is 11.8 Å². The third-order valence-electron chi connectivity index (χ3n) is 7.87. The smallest absolute Gasteiger partial charge is 0.317 e. The predicted octanol–water partition coefficient (Wildman–Crippen LogP) is 4.40. The van der Waals surface area contributed by atoms with Crippen molar-refractivity contribution in [3.63, 3.8) is 0 Å². The molecule has 1 saturated heterocycles. The Balaban J connectivity index is 1.50. The van der Waals surface area contributed by atoms with Crippen LogP contribution in [-0.4, -0.2) is 96.5 Å². The molecule has 0 aliphatic carbocycles. The Morgan fingerprint density at radius 1 is 0.932 bits per heavy atom. The van der Waals surface area contributed by atoms with Crippen molar-refractivity contribution in [2.75, 3.05) is 69.3 Å². The molecule has 1 atom stereocenters. The van der Waals surface area contributed by atoms with Crippen LogP contribution >= 0.6 is 0 Å². The lowest BCUT2D eigenvalue weighted by atomic mass is 9.90. The van der Waals surface area contributed by atoms with E-state index in [1.807, 2.05) is 5.06 Å². The molecular formula is C32H45N3O9. The second kappa shape index (κ2) is 15.2. The fourth-order valence-electron chi connectivity index (χ4n) is 5.44. The molecule has 2 aliphatic rings. The molecule has 1 fully saturated rings. The van der Waals surface area contributed by atoms with Gasteiger partial charge in [-0.1, -0.05) is 0 Å². The minimum atomic E-state index is -0.981. The number of aliphatic hydroxyl groups excluding tert-OH is 1. The van der Waals surface area contributed by atoms with E-state index in [2.05, 4.69) is 5.32 Å². The number of fused-ring (bicyclic) bond motifs is 1. The van der Waals surface area contributed by atoms with E-state index in [0.29, 0.717) is 70.0 Å². The SMILES string of the molecule is COc1cc(OC)c2c(c1)OC(c1cc(OC)c(OC)c(OC)c1)=C(CCCCON1CCC(NC(=O)N(C)C)CC1)C2O. The summed E-state index contributed by atoms with van der Waals surface area (Å²) in [6, 6.07) is 7.16. The minimum Gasteiger partial charge on any atom is -0.496 e. The van der Waals surface area contributed by atoms with Crippen LogP contribution in [0.25, 0.3) is 5.76 Å². The average Bonchev–Trinajstić information content (AvgIpc) is 3.04. The number of nitrogens with zero attached hydrogens (tertiary/aromatic N) is 2. The molecule has 44 heavy (non-hydrogen) atoms. The summed E-state index contributed by atoms with van der Waals surface area (Å²) in [5, 5.41) is 16.8. The first-order valence-corrected chi connectivity index (χ1v) is 14.7. The Morgan fingerprint density at radius 2 is 1.59 bits per heavy atom. The average molecular weight is 616 g/mol. The second-order valence-electron chi connectivity index (χ2n) is 10.9. The van der Waals surface area contributed by atoms with E-state index < -0.39 is 6.10 Å². The van der Waals surface area contributed by atoms with Crippen molar-refractivity contribution in [1.29, 1.82) is 0 Å². The van der Waals surface area contributed by atoms with E-state index in [0.717, 1.165) is 38.8 Å². The Kier molecular flexibility index (Phi) is 11.4. The Bertz CT molecular complexity index is 1300. The van der Waals surface area contributed by atoms with Crippen LogP contribution in [0.1, 0.15) is 49.3 Å². The van der Waals surface area contributed by atoms with Crippen molar-refractivity contribution < 1.29 is 43.2 Å². The summed E-state index contributed by atoms with van der Waals surface area (Å²) in [5.41, 5.74) is 1.91.